The maximum Gasteiger partial charge on any atom is 0.0578 e. The van der Waals surface area contributed by atoms with Crippen LogP contribution in [0.4, 0.5) is 0 Å². The fourth-order valence-corrected chi connectivity index (χ4v) is 2.64. The molecule has 0 aliphatic carbocycles. The van der Waals surface area contributed by atoms with Gasteiger partial charge >= 0.3 is 0 Å². The Morgan fingerprint density at radius 2 is 1.56 bits per heavy atom. The molecule has 1 aliphatic heterocycles. The minimum Gasteiger partial charge on any atom is -0.375 e. The van der Waals surface area contributed by atoms with Gasteiger partial charge in [0.1, 0.15) is 0 Å². The summed E-state index contributed by atoms with van der Waals surface area (Å²) in [5, 5.41) is 0. The minimum atomic E-state index is 0.546. The highest BCUT2D eigenvalue weighted by Crippen LogP contribution is 2.22. The molecule has 1 rings (SSSR count). The van der Waals surface area contributed by atoms with Crippen LogP contribution in [0.3, 0.4) is 0 Å². The van der Waals surface area contributed by atoms with Gasteiger partial charge < -0.3 is 4.74 Å². The van der Waals surface area contributed by atoms with Gasteiger partial charge in [-0.15, -0.1) is 0 Å². The Hall–Kier alpha value is -0.0400. The largest absolute Gasteiger partial charge is 0.375 e. The second-order valence-electron chi connectivity index (χ2n) is 5.28. The van der Waals surface area contributed by atoms with Gasteiger partial charge in [0.15, 0.2) is 0 Å². The quantitative estimate of drug-likeness (QED) is 0.594. The second-order valence-corrected chi connectivity index (χ2v) is 5.28. The van der Waals surface area contributed by atoms with Crippen LogP contribution >= 0.6 is 0 Å². The van der Waals surface area contributed by atoms with E-state index in [0.29, 0.717) is 12.2 Å². The Labute approximate surface area is 102 Å². The zero-order valence-corrected chi connectivity index (χ0v) is 11.3. The maximum atomic E-state index is 6.27. The lowest BCUT2D eigenvalue weighted by molar-refractivity contribution is -0.0258. The number of hydrogen-bond donors (Lipinski definition) is 0. The lowest BCUT2D eigenvalue weighted by Crippen LogP contribution is -2.21. The monoisotopic (exact) mass is 226 g/mol. The van der Waals surface area contributed by atoms with Crippen LogP contribution in [0.1, 0.15) is 84.5 Å². The van der Waals surface area contributed by atoms with E-state index in [-0.39, 0.29) is 0 Å². The van der Waals surface area contributed by atoms with Crippen LogP contribution in [-0.2, 0) is 4.74 Å². The first-order valence-electron chi connectivity index (χ1n) is 7.52. The molecule has 16 heavy (non-hydrogen) atoms. The summed E-state index contributed by atoms with van der Waals surface area (Å²) in [5.41, 5.74) is 0. The van der Waals surface area contributed by atoms with Crippen LogP contribution in [0.2, 0.25) is 0 Å². The highest BCUT2D eigenvalue weighted by Gasteiger charge is 2.16. The molecule has 96 valence electrons. The van der Waals surface area contributed by atoms with Crippen LogP contribution in [-0.4, -0.2) is 12.2 Å². The molecule has 1 saturated heterocycles. The van der Waals surface area contributed by atoms with Gasteiger partial charge in [-0.05, 0) is 25.7 Å². The number of hydrogen-bond acceptors (Lipinski definition) is 1. The summed E-state index contributed by atoms with van der Waals surface area (Å²) in [7, 11) is 0. The number of rotatable bonds is 5. The van der Waals surface area contributed by atoms with Crippen molar-refractivity contribution in [1.29, 1.82) is 0 Å². The molecule has 1 heterocycles. The molecule has 0 aromatic rings. The van der Waals surface area contributed by atoms with Gasteiger partial charge in [0.05, 0.1) is 12.2 Å². The molecule has 2 atom stereocenters. The van der Waals surface area contributed by atoms with Crippen LogP contribution in [0.5, 0.6) is 0 Å². The molecule has 0 saturated carbocycles. The van der Waals surface area contributed by atoms with Crippen molar-refractivity contribution in [2.75, 3.05) is 0 Å². The summed E-state index contributed by atoms with van der Waals surface area (Å²) in [5.74, 6) is 0. The van der Waals surface area contributed by atoms with Crippen LogP contribution in [0.25, 0.3) is 0 Å². The van der Waals surface area contributed by atoms with Crippen molar-refractivity contribution in [2.45, 2.75) is 96.7 Å². The average Bonchev–Trinajstić information content (AvgIpc) is 2.41. The highest BCUT2D eigenvalue weighted by atomic mass is 16.5. The minimum absolute atomic E-state index is 0.546. The highest BCUT2D eigenvalue weighted by molar-refractivity contribution is 4.66. The van der Waals surface area contributed by atoms with Crippen molar-refractivity contribution in [3.63, 3.8) is 0 Å². The molecule has 0 amide bonds. The van der Waals surface area contributed by atoms with E-state index < -0.39 is 0 Å². The van der Waals surface area contributed by atoms with Gasteiger partial charge in [0.2, 0.25) is 0 Å². The average molecular weight is 226 g/mol. The topological polar surface area (TPSA) is 9.23 Å². The Morgan fingerprint density at radius 1 is 0.875 bits per heavy atom. The zero-order chi connectivity index (χ0) is 11.6. The predicted octanol–water partition coefficient (Wildman–Crippen LogP) is 5.08. The van der Waals surface area contributed by atoms with Gasteiger partial charge in [-0.25, -0.2) is 0 Å². The fourth-order valence-electron chi connectivity index (χ4n) is 2.64. The molecular weight excluding hydrogens is 196 g/mol. The number of unbranched alkanes of at least 4 members (excludes halogenated alkanes) is 2. The van der Waals surface area contributed by atoms with Gasteiger partial charge in [-0.3, -0.25) is 0 Å². The Bertz CT molecular complexity index is 156. The van der Waals surface area contributed by atoms with E-state index in [2.05, 4.69) is 13.8 Å². The molecule has 0 spiro atoms. The van der Waals surface area contributed by atoms with Crippen molar-refractivity contribution in [3.8, 4) is 0 Å². The smallest absolute Gasteiger partial charge is 0.0578 e. The summed E-state index contributed by atoms with van der Waals surface area (Å²) in [6, 6.07) is 0. The van der Waals surface area contributed by atoms with Gasteiger partial charge in [0, 0.05) is 0 Å². The normalized spacial score (nSPS) is 28.1. The first-order valence-corrected chi connectivity index (χ1v) is 7.52. The third-order valence-corrected chi connectivity index (χ3v) is 3.77. The van der Waals surface area contributed by atoms with Crippen molar-refractivity contribution in [3.05, 3.63) is 0 Å². The first-order chi connectivity index (χ1) is 7.86. The molecule has 0 unspecified atom stereocenters. The molecule has 1 heteroatoms. The molecule has 0 N–H and O–H groups in total. The van der Waals surface area contributed by atoms with Gasteiger partial charge in [0.25, 0.3) is 0 Å². The molecule has 0 aromatic carbocycles. The van der Waals surface area contributed by atoms with Crippen LogP contribution in [0, 0.1) is 0 Å². The van der Waals surface area contributed by atoms with Crippen LogP contribution < -0.4 is 0 Å². The summed E-state index contributed by atoms with van der Waals surface area (Å²) in [6.45, 7) is 4.55. The van der Waals surface area contributed by atoms with E-state index in [1.807, 2.05) is 0 Å². The van der Waals surface area contributed by atoms with E-state index in [1.165, 1.54) is 70.6 Å². The zero-order valence-electron chi connectivity index (χ0n) is 11.3. The molecule has 1 aliphatic rings. The Kier molecular flexibility index (Phi) is 7.92. The summed E-state index contributed by atoms with van der Waals surface area (Å²) < 4.78 is 6.27. The maximum absolute atomic E-state index is 6.27. The molecule has 0 bridgehead atoms. The third-order valence-electron chi connectivity index (χ3n) is 3.77. The molecule has 0 radical (unpaired) electrons. The SMILES string of the molecule is CCCCC[C@@H]1CCCCCC[C@@H](CC)O1. The molecular formula is C15H30O. The summed E-state index contributed by atoms with van der Waals surface area (Å²) in [4.78, 5) is 0. The first kappa shape index (κ1) is 14.0. The van der Waals surface area contributed by atoms with E-state index in [9.17, 15) is 0 Å². The molecule has 1 fully saturated rings. The van der Waals surface area contributed by atoms with Crippen molar-refractivity contribution < 1.29 is 4.74 Å². The molecule has 0 aromatic heterocycles. The van der Waals surface area contributed by atoms with E-state index >= 15 is 0 Å². The fraction of sp³-hybridized carbons (Fsp3) is 1.00. The van der Waals surface area contributed by atoms with Crippen molar-refractivity contribution in [2.24, 2.45) is 0 Å². The van der Waals surface area contributed by atoms with Crippen LogP contribution in [0.15, 0.2) is 0 Å². The third kappa shape index (κ3) is 5.89. The lowest BCUT2D eigenvalue weighted by atomic mass is 10.0. The van der Waals surface area contributed by atoms with E-state index in [4.69, 9.17) is 4.74 Å². The second kappa shape index (κ2) is 9.04. The molecule has 1 nitrogen and oxygen atoms in total. The van der Waals surface area contributed by atoms with Crippen molar-refractivity contribution >= 4 is 0 Å². The predicted molar refractivity (Wildman–Crippen MR) is 70.8 cm³/mol. The van der Waals surface area contributed by atoms with E-state index in [0.717, 1.165) is 0 Å². The van der Waals surface area contributed by atoms with Gasteiger partial charge in [-0.1, -0.05) is 58.8 Å². The Morgan fingerprint density at radius 3 is 2.19 bits per heavy atom. The van der Waals surface area contributed by atoms with E-state index in [1.54, 1.807) is 0 Å². The Balaban J connectivity index is 2.31. The summed E-state index contributed by atoms with van der Waals surface area (Å²) in [6.07, 6.45) is 15.9. The van der Waals surface area contributed by atoms with Gasteiger partial charge in [-0.2, -0.15) is 0 Å². The lowest BCUT2D eigenvalue weighted by Gasteiger charge is -2.23. The standard InChI is InChI=1S/C15H30O/c1-3-5-8-12-15-13-10-7-6-9-11-14(4-2)16-15/h14-15H,3-13H2,1-2H3/t14-,15-/m1/s1. The summed E-state index contributed by atoms with van der Waals surface area (Å²) >= 11 is 0. The van der Waals surface area contributed by atoms with Crippen molar-refractivity contribution in [1.82, 2.24) is 0 Å². The number of ether oxygens (including phenoxy) is 1.